The van der Waals surface area contributed by atoms with E-state index in [-0.39, 0.29) is 11.4 Å². The van der Waals surface area contributed by atoms with Crippen LogP contribution in [-0.4, -0.2) is 49.0 Å². The number of methoxy groups -OCH3 is 1. The van der Waals surface area contributed by atoms with Crippen LogP contribution in [0.3, 0.4) is 0 Å². The second-order valence-electron chi connectivity index (χ2n) is 5.75. The maximum atomic E-state index is 12.0. The summed E-state index contributed by atoms with van der Waals surface area (Å²) in [5.41, 5.74) is 1.33. The van der Waals surface area contributed by atoms with Gasteiger partial charge < -0.3 is 15.4 Å². The van der Waals surface area contributed by atoms with Crippen molar-refractivity contribution >= 4 is 5.91 Å². The number of aryl methyl sites for hydroxylation is 1. The first kappa shape index (κ1) is 16.7. The van der Waals surface area contributed by atoms with Crippen molar-refractivity contribution in [3.63, 3.8) is 0 Å². The number of carbonyl (C=O) groups excluding carboxylic acids is 1. The Kier molecular flexibility index (Phi) is 6.16. The Labute approximate surface area is 120 Å². The Bertz CT molecular complexity index is 435. The largest absolute Gasteiger partial charge is 0.383 e. The van der Waals surface area contributed by atoms with E-state index in [1.165, 1.54) is 0 Å². The smallest absolute Gasteiger partial charge is 0.271 e. The lowest BCUT2D eigenvalue weighted by atomic mass is 10.1. The van der Waals surface area contributed by atoms with Gasteiger partial charge in [0, 0.05) is 32.4 Å². The Hall–Kier alpha value is -1.40. The van der Waals surface area contributed by atoms with Crippen molar-refractivity contribution < 1.29 is 9.53 Å². The van der Waals surface area contributed by atoms with E-state index in [2.05, 4.69) is 36.5 Å². The molecule has 0 atom stereocenters. The molecule has 114 valence electrons. The van der Waals surface area contributed by atoms with Gasteiger partial charge in [-0.25, -0.2) is 0 Å². The standard InChI is InChI=1S/C14H26N4O2/c1-11-10-12(17-18(11)14(2,3)4)13(19)16-7-6-15-8-9-20-5/h10,15H,6-9H2,1-5H3,(H,16,19). The number of hydrogen-bond acceptors (Lipinski definition) is 4. The molecule has 0 spiro atoms. The molecular weight excluding hydrogens is 256 g/mol. The van der Waals surface area contributed by atoms with E-state index >= 15 is 0 Å². The molecule has 0 aromatic carbocycles. The lowest BCUT2D eigenvalue weighted by Crippen LogP contribution is -2.33. The van der Waals surface area contributed by atoms with Crippen molar-refractivity contribution in [3.8, 4) is 0 Å². The Morgan fingerprint density at radius 2 is 2.05 bits per heavy atom. The average molecular weight is 282 g/mol. The predicted molar refractivity (Wildman–Crippen MR) is 79.0 cm³/mol. The molecule has 20 heavy (non-hydrogen) atoms. The van der Waals surface area contributed by atoms with Gasteiger partial charge in [0.25, 0.3) is 5.91 Å². The van der Waals surface area contributed by atoms with Crippen LogP contribution in [0.2, 0.25) is 0 Å². The molecule has 6 heteroatoms. The van der Waals surface area contributed by atoms with Gasteiger partial charge in [0.05, 0.1) is 12.1 Å². The van der Waals surface area contributed by atoms with Gasteiger partial charge in [0.2, 0.25) is 0 Å². The summed E-state index contributed by atoms with van der Waals surface area (Å²) in [6, 6.07) is 1.82. The van der Waals surface area contributed by atoms with E-state index < -0.39 is 0 Å². The van der Waals surface area contributed by atoms with E-state index in [0.29, 0.717) is 25.4 Å². The van der Waals surface area contributed by atoms with Crippen molar-refractivity contribution in [1.29, 1.82) is 0 Å². The third kappa shape index (κ3) is 4.94. The first-order valence-corrected chi connectivity index (χ1v) is 6.91. The highest BCUT2D eigenvalue weighted by atomic mass is 16.5. The summed E-state index contributed by atoms with van der Waals surface area (Å²) in [6.45, 7) is 10.9. The number of ether oxygens (including phenoxy) is 1. The normalized spacial score (nSPS) is 11.7. The third-order valence-electron chi connectivity index (χ3n) is 2.83. The molecule has 1 rings (SSSR count). The fourth-order valence-electron chi connectivity index (χ4n) is 1.92. The third-order valence-corrected chi connectivity index (χ3v) is 2.83. The van der Waals surface area contributed by atoms with Crippen LogP contribution in [0.25, 0.3) is 0 Å². The van der Waals surface area contributed by atoms with Crippen LogP contribution >= 0.6 is 0 Å². The van der Waals surface area contributed by atoms with Crippen LogP contribution in [0.5, 0.6) is 0 Å². The maximum Gasteiger partial charge on any atom is 0.271 e. The van der Waals surface area contributed by atoms with Crippen LogP contribution in [0.15, 0.2) is 6.07 Å². The molecule has 0 aliphatic rings. The van der Waals surface area contributed by atoms with Gasteiger partial charge in [-0.15, -0.1) is 0 Å². The minimum atomic E-state index is -0.135. The maximum absolute atomic E-state index is 12.0. The highest BCUT2D eigenvalue weighted by Crippen LogP contribution is 2.16. The first-order valence-electron chi connectivity index (χ1n) is 6.91. The fourth-order valence-corrected chi connectivity index (χ4v) is 1.92. The minimum Gasteiger partial charge on any atom is -0.383 e. The Morgan fingerprint density at radius 1 is 1.35 bits per heavy atom. The number of nitrogens with one attached hydrogen (secondary N) is 2. The van der Waals surface area contributed by atoms with Crippen LogP contribution in [0.4, 0.5) is 0 Å². The van der Waals surface area contributed by atoms with Gasteiger partial charge >= 0.3 is 0 Å². The van der Waals surface area contributed by atoms with Gasteiger partial charge in [0.1, 0.15) is 5.69 Å². The fraction of sp³-hybridized carbons (Fsp3) is 0.714. The second kappa shape index (κ2) is 7.40. The minimum absolute atomic E-state index is 0.121. The molecule has 0 unspecified atom stereocenters. The quantitative estimate of drug-likeness (QED) is 0.730. The molecule has 0 aliphatic carbocycles. The summed E-state index contributed by atoms with van der Waals surface area (Å²) >= 11 is 0. The molecule has 1 amide bonds. The highest BCUT2D eigenvalue weighted by molar-refractivity contribution is 5.92. The molecule has 0 saturated heterocycles. The molecule has 0 aliphatic heterocycles. The van der Waals surface area contributed by atoms with Crippen LogP contribution in [-0.2, 0) is 10.3 Å². The molecule has 1 heterocycles. The Morgan fingerprint density at radius 3 is 2.60 bits per heavy atom. The van der Waals surface area contributed by atoms with Crippen LogP contribution in [0.1, 0.15) is 37.0 Å². The topological polar surface area (TPSA) is 68.2 Å². The number of nitrogens with zero attached hydrogens (tertiary/aromatic N) is 2. The second-order valence-corrected chi connectivity index (χ2v) is 5.75. The van der Waals surface area contributed by atoms with Crippen molar-refractivity contribution in [1.82, 2.24) is 20.4 Å². The summed E-state index contributed by atoms with van der Waals surface area (Å²) in [5.74, 6) is -0.135. The van der Waals surface area contributed by atoms with Gasteiger partial charge in [-0.3, -0.25) is 9.48 Å². The highest BCUT2D eigenvalue weighted by Gasteiger charge is 2.19. The number of aromatic nitrogens is 2. The average Bonchev–Trinajstić information content (AvgIpc) is 2.75. The van der Waals surface area contributed by atoms with E-state index in [1.54, 1.807) is 7.11 Å². The lowest BCUT2D eigenvalue weighted by Gasteiger charge is -2.21. The molecule has 0 saturated carbocycles. The molecule has 0 radical (unpaired) electrons. The summed E-state index contributed by atoms with van der Waals surface area (Å²) in [6.07, 6.45) is 0. The van der Waals surface area contributed by atoms with Crippen molar-refractivity contribution in [2.45, 2.75) is 33.2 Å². The SMILES string of the molecule is COCCNCCNC(=O)c1cc(C)n(C(C)(C)C)n1. The van der Waals surface area contributed by atoms with Gasteiger partial charge in [-0.05, 0) is 33.8 Å². The number of amides is 1. The molecule has 0 fully saturated rings. The molecule has 1 aromatic heterocycles. The summed E-state index contributed by atoms with van der Waals surface area (Å²) < 4.78 is 6.80. The molecule has 0 bridgehead atoms. The van der Waals surface area contributed by atoms with Crippen LogP contribution in [0, 0.1) is 6.92 Å². The lowest BCUT2D eigenvalue weighted by molar-refractivity contribution is 0.0947. The van der Waals surface area contributed by atoms with Gasteiger partial charge in [-0.2, -0.15) is 5.10 Å². The predicted octanol–water partition coefficient (Wildman–Crippen LogP) is 0.912. The summed E-state index contributed by atoms with van der Waals surface area (Å²) in [7, 11) is 1.66. The molecule has 2 N–H and O–H groups in total. The van der Waals surface area contributed by atoms with Crippen molar-refractivity contribution in [3.05, 3.63) is 17.5 Å². The van der Waals surface area contributed by atoms with E-state index in [9.17, 15) is 4.79 Å². The first-order chi connectivity index (χ1) is 9.36. The monoisotopic (exact) mass is 282 g/mol. The number of rotatable bonds is 7. The van der Waals surface area contributed by atoms with E-state index in [4.69, 9.17) is 4.74 Å². The van der Waals surface area contributed by atoms with Crippen LogP contribution < -0.4 is 10.6 Å². The number of carbonyl (C=O) groups is 1. The van der Waals surface area contributed by atoms with E-state index in [1.807, 2.05) is 17.7 Å². The molecule has 1 aromatic rings. The molecule has 6 nitrogen and oxygen atoms in total. The van der Waals surface area contributed by atoms with Gasteiger partial charge in [0.15, 0.2) is 0 Å². The summed E-state index contributed by atoms with van der Waals surface area (Å²) in [5, 5.41) is 10.4. The van der Waals surface area contributed by atoms with Crippen molar-refractivity contribution in [2.24, 2.45) is 0 Å². The van der Waals surface area contributed by atoms with Crippen molar-refractivity contribution in [2.75, 3.05) is 33.4 Å². The zero-order chi connectivity index (χ0) is 15.2. The number of hydrogen-bond donors (Lipinski definition) is 2. The van der Waals surface area contributed by atoms with E-state index in [0.717, 1.165) is 12.2 Å². The zero-order valence-corrected chi connectivity index (χ0v) is 13.1. The van der Waals surface area contributed by atoms with Gasteiger partial charge in [-0.1, -0.05) is 0 Å². The molecular formula is C14H26N4O2. The Balaban J connectivity index is 2.44. The zero-order valence-electron chi connectivity index (χ0n) is 13.1. The summed E-state index contributed by atoms with van der Waals surface area (Å²) in [4.78, 5) is 12.0.